The minimum atomic E-state index is -0.726. The predicted molar refractivity (Wildman–Crippen MR) is 143 cm³/mol. The van der Waals surface area contributed by atoms with Crippen molar-refractivity contribution in [2.75, 3.05) is 22.9 Å². The first-order chi connectivity index (χ1) is 17.6. The largest absolute Gasteiger partial charge is 0.443 e. The van der Waals surface area contributed by atoms with E-state index < -0.39 is 11.7 Å². The van der Waals surface area contributed by atoms with Gasteiger partial charge in [0.25, 0.3) is 0 Å². The van der Waals surface area contributed by atoms with Crippen LogP contribution in [0.3, 0.4) is 0 Å². The van der Waals surface area contributed by atoms with Gasteiger partial charge >= 0.3 is 6.09 Å². The van der Waals surface area contributed by atoms with Crippen LogP contribution in [0, 0.1) is 23.6 Å². The molecule has 0 N–H and O–H groups in total. The number of hydrogen-bond acceptors (Lipinski definition) is 5. The molecule has 8 heteroatoms. The van der Waals surface area contributed by atoms with Crippen LogP contribution in [0.5, 0.6) is 0 Å². The molecule has 3 atom stereocenters. The summed E-state index contributed by atoms with van der Waals surface area (Å²) in [5, 5.41) is 1.35. The molecule has 2 aliphatic rings. The molecular formula is C29H31ClFN3O3. The van der Waals surface area contributed by atoms with Crippen LogP contribution in [-0.4, -0.2) is 35.7 Å². The molecule has 1 aromatic heterocycles. The summed E-state index contributed by atoms with van der Waals surface area (Å²) in [5.41, 5.74) is 1.51. The minimum Gasteiger partial charge on any atom is -0.443 e. The van der Waals surface area contributed by atoms with Crippen LogP contribution in [0.1, 0.15) is 40.0 Å². The highest BCUT2D eigenvalue weighted by atomic mass is 35.5. The molecule has 0 radical (unpaired) electrons. The molecule has 1 saturated carbocycles. The van der Waals surface area contributed by atoms with Gasteiger partial charge in [0.1, 0.15) is 11.4 Å². The number of fused-ring (bicyclic) bond motifs is 2. The zero-order valence-electron chi connectivity index (χ0n) is 21.3. The molecule has 2 heterocycles. The van der Waals surface area contributed by atoms with Crippen molar-refractivity contribution in [3.8, 4) is 0 Å². The summed E-state index contributed by atoms with van der Waals surface area (Å²) in [6.07, 6.45) is 3.19. The highest BCUT2D eigenvalue weighted by Gasteiger charge is 2.42. The molecule has 0 bridgehead atoms. The van der Waals surface area contributed by atoms with Crippen molar-refractivity contribution < 1.29 is 18.7 Å². The van der Waals surface area contributed by atoms with Gasteiger partial charge in [-0.3, -0.25) is 9.78 Å². The van der Waals surface area contributed by atoms with Crippen molar-refractivity contribution in [2.45, 2.75) is 45.6 Å². The lowest BCUT2D eigenvalue weighted by atomic mass is 10.0. The number of benzene rings is 2. The summed E-state index contributed by atoms with van der Waals surface area (Å²) in [6.45, 7) is 7.05. The van der Waals surface area contributed by atoms with Gasteiger partial charge in [-0.2, -0.15) is 0 Å². The van der Waals surface area contributed by atoms with Crippen LogP contribution in [0.4, 0.5) is 20.6 Å². The third-order valence-corrected chi connectivity index (χ3v) is 7.50. The average molecular weight is 524 g/mol. The maximum absolute atomic E-state index is 13.9. The Morgan fingerprint density at radius 1 is 1.08 bits per heavy atom. The number of anilines is 2. The summed E-state index contributed by atoms with van der Waals surface area (Å²) < 4.78 is 19.5. The first kappa shape index (κ1) is 25.5. The molecule has 1 saturated heterocycles. The summed E-state index contributed by atoms with van der Waals surface area (Å²) >= 11 is 6.02. The van der Waals surface area contributed by atoms with Gasteiger partial charge in [-0.1, -0.05) is 11.6 Å². The van der Waals surface area contributed by atoms with E-state index in [1.165, 1.54) is 6.07 Å². The Labute approximate surface area is 221 Å². The molecule has 3 aromatic rings. The highest BCUT2D eigenvalue weighted by molar-refractivity contribution is 6.30. The highest BCUT2D eigenvalue weighted by Crippen LogP contribution is 2.45. The Hall–Kier alpha value is -3.19. The first-order valence-corrected chi connectivity index (χ1v) is 13.1. The van der Waals surface area contributed by atoms with Gasteiger partial charge in [-0.15, -0.1) is 0 Å². The van der Waals surface area contributed by atoms with Gasteiger partial charge < -0.3 is 9.64 Å². The van der Waals surface area contributed by atoms with Gasteiger partial charge in [0.15, 0.2) is 0 Å². The van der Waals surface area contributed by atoms with Crippen molar-refractivity contribution >= 4 is 45.9 Å². The third-order valence-electron chi connectivity index (χ3n) is 7.24. The fourth-order valence-electron chi connectivity index (χ4n) is 5.76. The van der Waals surface area contributed by atoms with Crippen LogP contribution >= 0.6 is 11.6 Å². The number of pyridine rings is 1. The van der Waals surface area contributed by atoms with Gasteiger partial charge in [-0.25, -0.2) is 14.1 Å². The molecule has 2 aromatic carbocycles. The number of nitrogens with zero attached hydrogens (tertiary/aromatic N) is 3. The average Bonchev–Trinajstić information content (AvgIpc) is 3.37. The number of aromatic nitrogens is 1. The van der Waals surface area contributed by atoms with E-state index in [-0.39, 0.29) is 24.1 Å². The quantitative estimate of drug-likeness (QED) is 0.374. The van der Waals surface area contributed by atoms with Crippen molar-refractivity contribution in [1.29, 1.82) is 0 Å². The lowest BCUT2D eigenvalue weighted by molar-refractivity contribution is -0.119. The van der Waals surface area contributed by atoms with E-state index in [0.29, 0.717) is 22.5 Å². The molecule has 2 fully saturated rings. The number of halogens is 2. The lowest BCUT2D eigenvalue weighted by Crippen LogP contribution is -2.41. The Balaban J connectivity index is 1.27. The van der Waals surface area contributed by atoms with Crippen LogP contribution in [0.15, 0.2) is 54.7 Å². The molecule has 0 spiro atoms. The van der Waals surface area contributed by atoms with Gasteiger partial charge in [0, 0.05) is 41.8 Å². The van der Waals surface area contributed by atoms with Gasteiger partial charge in [0.2, 0.25) is 5.91 Å². The summed E-state index contributed by atoms with van der Waals surface area (Å²) in [6, 6.07) is 13.3. The van der Waals surface area contributed by atoms with Crippen molar-refractivity contribution in [2.24, 2.45) is 17.8 Å². The predicted octanol–water partition coefficient (Wildman–Crippen LogP) is 6.85. The zero-order valence-corrected chi connectivity index (χ0v) is 22.0. The SMILES string of the molecule is CC(C)(C)OC(=O)N(C(=O)CC1C[C@@H]2CN(c3ccnc4ccc(F)cc34)C[C@@H]2C1)c1ccc(Cl)cc1. The molecule has 1 aliphatic carbocycles. The maximum atomic E-state index is 13.9. The van der Waals surface area contributed by atoms with Gasteiger partial charge in [-0.05, 0) is 99.9 Å². The molecular weight excluding hydrogens is 493 g/mol. The number of carbonyl (C=O) groups excluding carboxylic acids is 2. The Morgan fingerprint density at radius 2 is 1.76 bits per heavy atom. The molecule has 37 heavy (non-hydrogen) atoms. The second-order valence-electron chi connectivity index (χ2n) is 11.1. The van der Waals surface area contributed by atoms with E-state index in [1.807, 2.05) is 6.07 Å². The van der Waals surface area contributed by atoms with E-state index in [1.54, 1.807) is 63.4 Å². The Kier molecular flexibility index (Phi) is 6.84. The van der Waals surface area contributed by atoms with Crippen molar-refractivity contribution in [1.82, 2.24) is 4.98 Å². The van der Waals surface area contributed by atoms with Gasteiger partial charge in [0.05, 0.1) is 11.2 Å². The molecule has 5 rings (SSSR count). The molecule has 1 unspecified atom stereocenters. The van der Waals surface area contributed by atoms with Crippen LogP contribution in [0.2, 0.25) is 5.02 Å². The minimum absolute atomic E-state index is 0.188. The zero-order chi connectivity index (χ0) is 26.3. The monoisotopic (exact) mass is 523 g/mol. The first-order valence-electron chi connectivity index (χ1n) is 12.7. The van der Waals surface area contributed by atoms with Crippen molar-refractivity contribution in [3.63, 3.8) is 0 Å². The number of rotatable bonds is 4. The number of hydrogen-bond donors (Lipinski definition) is 0. The Morgan fingerprint density at radius 3 is 2.41 bits per heavy atom. The molecule has 194 valence electrons. The smallest absolute Gasteiger partial charge is 0.421 e. The molecule has 6 nitrogen and oxygen atoms in total. The fraction of sp³-hybridized carbons (Fsp3) is 0.414. The number of ether oxygens (including phenoxy) is 1. The summed E-state index contributed by atoms with van der Waals surface area (Å²) in [4.78, 5) is 34.3. The second-order valence-corrected chi connectivity index (χ2v) is 11.6. The topological polar surface area (TPSA) is 62.7 Å². The maximum Gasteiger partial charge on any atom is 0.421 e. The van der Waals surface area contributed by atoms with Crippen LogP contribution in [0.25, 0.3) is 10.9 Å². The number of imide groups is 1. The second kappa shape index (κ2) is 9.93. The fourth-order valence-corrected chi connectivity index (χ4v) is 5.88. The molecule has 1 aliphatic heterocycles. The van der Waals surface area contributed by atoms with Crippen LogP contribution < -0.4 is 9.80 Å². The summed E-state index contributed by atoms with van der Waals surface area (Å²) in [5.74, 6) is 0.539. The van der Waals surface area contributed by atoms with E-state index in [9.17, 15) is 14.0 Å². The van der Waals surface area contributed by atoms with E-state index in [2.05, 4.69) is 9.88 Å². The summed E-state index contributed by atoms with van der Waals surface area (Å²) in [7, 11) is 0. The van der Waals surface area contributed by atoms with E-state index in [0.717, 1.165) is 47.4 Å². The number of carbonyl (C=O) groups is 2. The standard InChI is InChI=1S/C29H31ClFN3O3/c1-29(2,3)37-28(36)34(23-7-4-21(30)5-8-23)27(35)14-18-12-19-16-33(17-20(19)13-18)26-10-11-32-25-9-6-22(31)15-24(25)26/h4-11,15,18-20H,12-14,16-17H2,1-3H3/t18?,19-,20+. The van der Waals surface area contributed by atoms with E-state index in [4.69, 9.17) is 16.3 Å². The van der Waals surface area contributed by atoms with E-state index >= 15 is 0 Å². The van der Waals surface area contributed by atoms with Crippen LogP contribution in [-0.2, 0) is 9.53 Å². The Bertz CT molecular complexity index is 1310. The third kappa shape index (κ3) is 5.57. The van der Waals surface area contributed by atoms with Crippen molar-refractivity contribution in [3.05, 3.63) is 65.6 Å². The molecule has 2 amide bonds. The lowest BCUT2D eigenvalue weighted by Gasteiger charge is -2.27. The normalized spacial score (nSPS) is 21.2. The number of amides is 2.